The first-order valence-electron chi connectivity index (χ1n) is 14.9. The molecular formula is C31H33F9N2O5. The van der Waals surface area contributed by atoms with Crippen molar-refractivity contribution in [3.63, 3.8) is 0 Å². The number of nitrogens with one attached hydrogen (secondary N) is 1. The number of benzene rings is 2. The van der Waals surface area contributed by atoms with Gasteiger partial charge in [-0.25, -0.2) is 4.79 Å². The minimum absolute atomic E-state index is 0.0420. The molecule has 2 aromatic rings. The van der Waals surface area contributed by atoms with Gasteiger partial charge in [0.05, 0.1) is 30.3 Å². The predicted octanol–water partition coefficient (Wildman–Crippen LogP) is 8.88. The van der Waals surface area contributed by atoms with Crippen LogP contribution in [0.5, 0.6) is 5.75 Å². The number of anilines is 1. The molecule has 260 valence electrons. The van der Waals surface area contributed by atoms with E-state index in [-0.39, 0.29) is 29.4 Å². The van der Waals surface area contributed by atoms with Crippen LogP contribution in [0.15, 0.2) is 36.4 Å². The van der Waals surface area contributed by atoms with Gasteiger partial charge in [-0.2, -0.15) is 26.3 Å². The molecule has 2 aliphatic rings. The Kier molecular flexibility index (Phi) is 10.8. The number of hydrogen-bond acceptors (Lipinski definition) is 6. The fourth-order valence-corrected chi connectivity index (χ4v) is 5.91. The van der Waals surface area contributed by atoms with E-state index in [0.717, 1.165) is 42.7 Å². The van der Waals surface area contributed by atoms with Gasteiger partial charge in [-0.15, -0.1) is 13.2 Å². The van der Waals surface area contributed by atoms with Crippen molar-refractivity contribution in [1.29, 1.82) is 0 Å². The van der Waals surface area contributed by atoms with E-state index < -0.39 is 65.9 Å². The van der Waals surface area contributed by atoms with Crippen LogP contribution in [0.4, 0.5) is 50.0 Å². The van der Waals surface area contributed by atoms with Crippen molar-refractivity contribution < 1.29 is 63.3 Å². The van der Waals surface area contributed by atoms with E-state index in [2.05, 4.69) is 10.1 Å². The van der Waals surface area contributed by atoms with E-state index in [4.69, 9.17) is 9.47 Å². The smallest absolute Gasteiger partial charge is 0.466 e. The zero-order valence-electron chi connectivity index (χ0n) is 25.3. The molecular weight excluding hydrogens is 651 g/mol. The van der Waals surface area contributed by atoms with E-state index in [9.17, 15) is 49.1 Å². The van der Waals surface area contributed by atoms with Crippen LogP contribution in [0.3, 0.4) is 0 Å². The van der Waals surface area contributed by atoms with E-state index >= 15 is 0 Å². The molecule has 1 amide bonds. The van der Waals surface area contributed by atoms with Gasteiger partial charge in [0.15, 0.2) is 0 Å². The van der Waals surface area contributed by atoms with Gasteiger partial charge in [-0.05, 0) is 98.9 Å². The first-order chi connectivity index (χ1) is 21.8. The Hall–Kier alpha value is -3.85. The molecule has 1 aliphatic carbocycles. The number of halogens is 9. The highest BCUT2D eigenvalue weighted by molar-refractivity contribution is 5.72. The van der Waals surface area contributed by atoms with Crippen LogP contribution < -0.4 is 10.1 Å². The molecule has 2 atom stereocenters. The van der Waals surface area contributed by atoms with Gasteiger partial charge in [-0.3, -0.25) is 9.69 Å². The summed E-state index contributed by atoms with van der Waals surface area (Å²) >= 11 is 0. The minimum atomic E-state index is -5.12. The summed E-state index contributed by atoms with van der Waals surface area (Å²) in [7, 11) is 0. The lowest BCUT2D eigenvalue weighted by Crippen LogP contribution is -2.32. The maximum Gasteiger partial charge on any atom is 0.573 e. The molecule has 1 aliphatic heterocycles. The van der Waals surface area contributed by atoms with Gasteiger partial charge in [0.1, 0.15) is 11.9 Å². The highest BCUT2D eigenvalue weighted by Gasteiger charge is 2.43. The topological polar surface area (TPSA) is 77.1 Å². The average Bonchev–Trinajstić information content (AvgIpc) is 3.24. The second kappa shape index (κ2) is 14.1. The van der Waals surface area contributed by atoms with Crippen molar-refractivity contribution in [2.75, 3.05) is 18.5 Å². The predicted molar refractivity (Wildman–Crippen MR) is 149 cm³/mol. The van der Waals surface area contributed by atoms with Crippen molar-refractivity contribution in [3.8, 4) is 5.75 Å². The molecule has 16 heteroatoms. The van der Waals surface area contributed by atoms with Crippen LogP contribution in [0.25, 0.3) is 0 Å². The lowest BCUT2D eigenvalue weighted by Gasteiger charge is -2.29. The number of hydrogen-bond donors (Lipinski definition) is 1. The first kappa shape index (κ1) is 36.0. The van der Waals surface area contributed by atoms with Gasteiger partial charge in [0.25, 0.3) is 0 Å². The van der Waals surface area contributed by atoms with Crippen LogP contribution in [-0.4, -0.2) is 42.5 Å². The van der Waals surface area contributed by atoms with Gasteiger partial charge < -0.3 is 19.5 Å². The summed E-state index contributed by atoms with van der Waals surface area (Å²) in [5, 5.41) is 3.19. The molecule has 1 heterocycles. The molecule has 0 spiro atoms. The van der Waals surface area contributed by atoms with E-state index in [1.807, 2.05) is 0 Å². The fraction of sp³-hybridized carbons (Fsp3) is 0.548. The minimum Gasteiger partial charge on any atom is -0.466 e. The normalized spacial score (nSPS) is 22.2. The molecule has 1 saturated heterocycles. The number of alkyl halides is 9. The zero-order valence-corrected chi connectivity index (χ0v) is 25.3. The molecule has 0 unspecified atom stereocenters. The SMILES string of the molecule is CCOC(=O)C[C@H]1CC[C@H](CNc2ccc(OC(F)(F)F)cc2CN2C(=O)O[C@H](c3cc(C(F)(F)F)cc(C(F)(F)F)c3)[C@@H]2C)CC1. The van der Waals surface area contributed by atoms with Crippen molar-refractivity contribution in [1.82, 2.24) is 4.90 Å². The molecule has 1 saturated carbocycles. The Balaban J connectivity index is 1.53. The van der Waals surface area contributed by atoms with Gasteiger partial charge >= 0.3 is 30.8 Å². The number of carbonyl (C=O) groups excluding carboxylic acids is 2. The van der Waals surface area contributed by atoms with Crippen molar-refractivity contribution in [2.45, 2.75) is 83.4 Å². The second-order valence-electron chi connectivity index (χ2n) is 11.7. The Morgan fingerprint density at radius 3 is 2.06 bits per heavy atom. The van der Waals surface area contributed by atoms with E-state index in [0.29, 0.717) is 37.4 Å². The number of nitrogens with zero attached hydrogens (tertiary/aromatic N) is 1. The number of ether oxygens (including phenoxy) is 3. The number of amides is 1. The number of cyclic esters (lactones) is 1. The molecule has 4 rings (SSSR count). The molecule has 1 N–H and O–H groups in total. The molecule has 2 aromatic carbocycles. The van der Waals surface area contributed by atoms with Crippen LogP contribution >= 0.6 is 0 Å². The van der Waals surface area contributed by atoms with E-state index in [1.165, 1.54) is 13.0 Å². The molecule has 7 nitrogen and oxygen atoms in total. The van der Waals surface area contributed by atoms with Crippen molar-refractivity contribution in [3.05, 3.63) is 58.7 Å². The highest BCUT2D eigenvalue weighted by atomic mass is 19.4. The molecule has 0 radical (unpaired) electrons. The summed E-state index contributed by atoms with van der Waals surface area (Å²) in [6, 6.07) is 3.24. The Morgan fingerprint density at radius 2 is 1.51 bits per heavy atom. The average molecular weight is 685 g/mol. The van der Waals surface area contributed by atoms with Crippen LogP contribution in [-0.2, 0) is 33.2 Å². The standard InChI is InChI=1S/C31H33F9N2O5/c1-3-45-26(43)10-18-4-6-19(7-5-18)15-41-25-9-8-24(47-31(38,39)40)13-21(25)16-42-17(2)27(46-28(42)44)20-11-22(29(32,33)34)14-23(12-20)30(35,36)37/h8-9,11-14,17-19,27,41H,3-7,10,15-16H2,1-2H3/t17-,18-,19-,27-/m0/s1. The van der Waals surface area contributed by atoms with Gasteiger partial charge in [0.2, 0.25) is 0 Å². The summed E-state index contributed by atoms with van der Waals surface area (Å²) < 4.78 is 134. The Bertz CT molecular complexity index is 1390. The largest absolute Gasteiger partial charge is 0.573 e. The van der Waals surface area contributed by atoms with Crippen molar-refractivity contribution >= 4 is 17.7 Å². The number of rotatable bonds is 10. The number of esters is 1. The van der Waals surface area contributed by atoms with Crippen LogP contribution in [0.1, 0.15) is 74.3 Å². The summed E-state index contributed by atoms with van der Waals surface area (Å²) in [5.74, 6) is -0.511. The second-order valence-corrected chi connectivity index (χ2v) is 11.7. The molecule has 47 heavy (non-hydrogen) atoms. The van der Waals surface area contributed by atoms with Crippen LogP contribution in [0, 0.1) is 11.8 Å². The summed E-state index contributed by atoms with van der Waals surface area (Å²) in [6.07, 6.45) is -14.5. The maximum absolute atomic E-state index is 13.5. The summed E-state index contributed by atoms with van der Waals surface area (Å²) in [6.45, 7) is 3.38. The lowest BCUT2D eigenvalue weighted by molar-refractivity contribution is -0.274. The lowest BCUT2D eigenvalue weighted by atomic mass is 9.80. The fourth-order valence-electron chi connectivity index (χ4n) is 5.91. The summed E-state index contributed by atoms with van der Waals surface area (Å²) in [4.78, 5) is 25.7. The zero-order chi connectivity index (χ0) is 34.7. The van der Waals surface area contributed by atoms with Crippen LogP contribution in [0.2, 0.25) is 0 Å². The monoisotopic (exact) mass is 684 g/mol. The third-order valence-corrected chi connectivity index (χ3v) is 8.29. The Morgan fingerprint density at radius 1 is 0.915 bits per heavy atom. The third-order valence-electron chi connectivity index (χ3n) is 8.29. The van der Waals surface area contributed by atoms with Gasteiger partial charge in [0, 0.05) is 18.7 Å². The quantitative estimate of drug-likeness (QED) is 0.199. The molecule has 0 bridgehead atoms. The third kappa shape index (κ3) is 9.60. The van der Waals surface area contributed by atoms with Crippen molar-refractivity contribution in [2.24, 2.45) is 11.8 Å². The van der Waals surface area contributed by atoms with E-state index in [1.54, 1.807) is 6.92 Å². The number of carbonyl (C=O) groups is 2. The van der Waals surface area contributed by atoms with Gasteiger partial charge in [-0.1, -0.05) is 0 Å². The highest BCUT2D eigenvalue weighted by Crippen LogP contribution is 2.42. The Labute approximate surface area is 264 Å². The summed E-state index contributed by atoms with van der Waals surface area (Å²) in [5.41, 5.74) is -3.21. The first-order valence-corrected chi connectivity index (χ1v) is 14.9. The molecule has 0 aromatic heterocycles. The molecule has 2 fully saturated rings. The maximum atomic E-state index is 13.5.